The average molecular weight is 307 g/mol. The van der Waals surface area contributed by atoms with Gasteiger partial charge in [-0.15, -0.1) is 0 Å². The predicted octanol–water partition coefficient (Wildman–Crippen LogP) is 3.34. The van der Waals surface area contributed by atoms with Crippen LogP contribution >= 0.6 is 0 Å². The number of nitrogens with one attached hydrogen (secondary N) is 1. The highest BCUT2D eigenvalue weighted by molar-refractivity contribution is 7.89. The molecule has 4 heteroatoms. The van der Waals surface area contributed by atoms with E-state index in [1.54, 1.807) is 12.1 Å². The van der Waals surface area contributed by atoms with Crippen molar-refractivity contribution in [2.45, 2.75) is 51.0 Å². The van der Waals surface area contributed by atoms with Crippen LogP contribution in [0.25, 0.3) is 0 Å². The Balaban J connectivity index is 1.83. The van der Waals surface area contributed by atoms with Crippen LogP contribution in [0.1, 0.15) is 38.7 Å². The van der Waals surface area contributed by atoms with Gasteiger partial charge in [-0.25, -0.2) is 13.1 Å². The molecule has 1 aromatic carbocycles. The van der Waals surface area contributed by atoms with Gasteiger partial charge in [0.05, 0.1) is 4.90 Å². The number of fused-ring (bicyclic) bond motifs is 2. The van der Waals surface area contributed by atoms with E-state index in [0.29, 0.717) is 28.6 Å². The number of sulfonamides is 1. The summed E-state index contributed by atoms with van der Waals surface area (Å²) in [5.41, 5.74) is 1.08. The first-order valence-corrected chi connectivity index (χ1v) is 9.46. The van der Waals surface area contributed by atoms with Crippen LogP contribution in [0.2, 0.25) is 0 Å². The Labute approximate surface area is 128 Å². The quantitative estimate of drug-likeness (QED) is 0.927. The third-order valence-corrected chi connectivity index (χ3v) is 6.85. The zero-order chi connectivity index (χ0) is 15.2. The summed E-state index contributed by atoms with van der Waals surface area (Å²) >= 11 is 0. The molecule has 0 radical (unpaired) electrons. The van der Waals surface area contributed by atoms with Gasteiger partial charge >= 0.3 is 0 Å². The minimum Gasteiger partial charge on any atom is -0.207 e. The fourth-order valence-electron chi connectivity index (χ4n) is 4.43. The lowest BCUT2D eigenvalue weighted by Crippen LogP contribution is -2.45. The molecule has 21 heavy (non-hydrogen) atoms. The summed E-state index contributed by atoms with van der Waals surface area (Å²) in [5.74, 6) is 2.26. The summed E-state index contributed by atoms with van der Waals surface area (Å²) in [6.07, 6.45) is 3.65. The van der Waals surface area contributed by atoms with Gasteiger partial charge in [-0.05, 0) is 62.0 Å². The molecule has 0 heterocycles. The van der Waals surface area contributed by atoms with Crippen molar-refractivity contribution < 1.29 is 8.42 Å². The van der Waals surface area contributed by atoms with Gasteiger partial charge in [0.25, 0.3) is 0 Å². The maximum Gasteiger partial charge on any atom is 0.240 e. The molecule has 116 valence electrons. The molecule has 2 fully saturated rings. The van der Waals surface area contributed by atoms with Crippen LogP contribution < -0.4 is 4.72 Å². The smallest absolute Gasteiger partial charge is 0.207 e. The van der Waals surface area contributed by atoms with Crippen molar-refractivity contribution in [3.63, 3.8) is 0 Å². The Morgan fingerprint density at radius 3 is 2.33 bits per heavy atom. The van der Waals surface area contributed by atoms with Crippen LogP contribution in [0.15, 0.2) is 29.2 Å². The maximum atomic E-state index is 12.6. The molecule has 4 atom stereocenters. The molecule has 2 aliphatic rings. The van der Waals surface area contributed by atoms with Crippen molar-refractivity contribution in [2.24, 2.45) is 23.7 Å². The highest BCUT2D eigenvalue weighted by Crippen LogP contribution is 2.51. The first kappa shape index (κ1) is 15.0. The van der Waals surface area contributed by atoms with Crippen LogP contribution in [0, 0.1) is 30.6 Å². The summed E-state index contributed by atoms with van der Waals surface area (Å²) in [6.45, 7) is 6.41. The van der Waals surface area contributed by atoms with E-state index in [9.17, 15) is 8.42 Å². The van der Waals surface area contributed by atoms with Gasteiger partial charge in [0.2, 0.25) is 10.0 Å². The second-order valence-corrected chi connectivity index (χ2v) is 8.83. The molecule has 2 saturated carbocycles. The maximum absolute atomic E-state index is 12.6. The molecule has 0 aliphatic heterocycles. The molecule has 1 aromatic rings. The topological polar surface area (TPSA) is 46.2 Å². The van der Waals surface area contributed by atoms with E-state index in [1.807, 2.05) is 19.1 Å². The molecule has 3 nitrogen and oxygen atoms in total. The van der Waals surface area contributed by atoms with E-state index in [0.717, 1.165) is 5.56 Å². The predicted molar refractivity (Wildman–Crippen MR) is 84.4 cm³/mol. The highest BCUT2D eigenvalue weighted by atomic mass is 32.2. The highest BCUT2D eigenvalue weighted by Gasteiger charge is 2.49. The molecular formula is C17H25NO2S. The molecule has 1 N–H and O–H groups in total. The van der Waals surface area contributed by atoms with Crippen molar-refractivity contribution in [1.82, 2.24) is 4.72 Å². The van der Waals surface area contributed by atoms with Crippen molar-refractivity contribution in [1.29, 1.82) is 0 Å². The lowest BCUT2D eigenvalue weighted by molar-refractivity contribution is 0.210. The fourth-order valence-corrected chi connectivity index (χ4v) is 5.77. The van der Waals surface area contributed by atoms with Crippen LogP contribution in [-0.2, 0) is 10.0 Å². The average Bonchev–Trinajstić information content (AvgIpc) is 2.99. The lowest BCUT2D eigenvalue weighted by Gasteiger charge is -2.34. The molecule has 2 bridgehead atoms. The van der Waals surface area contributed by atoms with Crippen molar-refractivity contribution in [3.8, 4) is 0 Å². The Hall–Kier alpha value is -0.870. The van der Waals surface area contributed by atoms with Crippen LogP contribution in [0.5, 0.6) is 0 Å². The van der Waals surface area contributed by atoms with Gasteiger partial charge < -0.3 is 0 Å². The standard InChI is InChI=1S/C17H25NO2S/c1-11(2)16-13-6-7-14(10-13)17(16)18-21(19,20)15-8-4-12(3)5-9-15/h4-5,8-9,11,13-14,16-18H,6-7,10H2,1-3H3/t13-,14+,16?,17+/m0/s1. The number of benzene rings is 1. The van der Waals surface area contributed by atoms with Crippen molar-refractivity contribution in [2.75, 3.05) is 0 Å². The summed E-state index contributed by atoms with van der Waals surface area (Å²) in [5, 5.41) is 0. The molecule has 3 rings (SSSR count). The van der Waals surface area contributed by atoms with Crippen molar-refractivity contribution >= 4 is 10.0 Å². The Morgan fingerprint density at radius 1 is 1.10 bits per heavy atom. The van der Waals surface area contributed by atoms with Crippen molar-refractivity contribution in [3.05, 3.63) is 29.8 Å². The second kappa shape index (κ2) is 5.40. The zero-order valence-electron chi connectivity index (χ0n) is 13.0. The Morgan fingerprint density at radius 2 is 1.71 bits per heavy atom. The van der Waals surface area contributed by atoms with Gasteiger partial charge in [-0.3, -0.25) is 0 Å². The second-order valence-electron chi connectivity index (χ2n) is 7.11. The largest absolute Gasteiger partial charge is 0.240 e. The monoisotopic (exact) mass is 307 g/mol. The first-order chi connectivity index (χ1) is 9.88. The molecule has 0 saturated heterocycles. The van der Waals surface area contributed by atoms with E-state index in [2.05, 4.69) is 18.6 Å². The third-order valence-electron chi connectivity index (χ3n) is 5.37. The lowest BCUT2D eigenvalue weighted by atomic mass is 9.78. The van der Waals surface area contributed by atoms with Gasteiger partial charge in [0, 0.05) is 6.04 Å². The Bertz CT molecular complexity index is 606. The molecule has 0 aromatic heterocycles. The van der Waals surface area contributed by atoms with Gasteiger partial charge in [0.1, 0.15) is 0 Å². The molecule has 1 unspecified atom stereocenters. The minimum atomic E-state index is -3.40. The fraction of sp³-hybridized carbons (Fsp3) is 0.647. The van der Waals surface area contributed by atoms with Gasteiger partial charge in [0.15, 0.2) is 0 Å². The van der Waals surface area contributed by atoms with Gasteiger partial charge in [-0.1, -0.05) is 31.5 Å². The number of rotatable bonds is 4. The first-order valence-electron chi connectivity index (χ1n) is 7.97. The third kappa shape index (κ3) is 2.76. The summed E-state index contributed by atoms with van der Waals surface area (Å²) in [6, 6.07) is 7.24. The van der Waals surface area contributed by atoms with Gasteiger partial charge in [-0.2, -0.15) is 0 Å². The van der Waals surface area contributed by atoms with E-state index in [4.69, 9.17) is 0 Å². The normalized spacial score (nSPS) is 32.0. The molecule has 0 spiro atoms. The minimum absolute atomic E-state index is 0.120. The molecule has 0 amide bonds. The van der Waals surface area contributed by atoms with E-state index in [-0.39, 0.29) is 6.04 Å². The number of aryl methyl sites for hydroxylation is 1. The summed E-state index contributed by atoms with van der Waals surface area (Å²) in [7, 11) is -3.40. The van der Waals surface area contributed by atoms with Crippen LogP contribution in [0.3, 0.4) is 0 Å². The van der Waals surface area contributed by atoms with E-state index >= 15 is 0 Å². The summed E-state index contributed by atoms with van der Waals surface area (Å²) < 4.78 is 28.3. The zero-order valence-corrected chi connectivity index (χ0v) is 13.9. The number of hydrogen-bond donors (Lipinski definition) is 1. The van der Waals surface area contributed by atoms with Crippen LogP contribution in [-0.4, -0.2) is 14.5 Å². The SMILES string of the molecule is Cc1ccc(S(=O)(=O)N[C@H]2C(C(C)C)[C@H]3CC[C@@H]2C3)cc1. The van der Waals surface area contributed by atoms with Crippen LogP contribution in [0.4, 0.5) is 0 Å². The molecular weight excluding hydrogens is 282 g/mol. The Kier molecular flexibility index (Phi) is 3.87. The summed E-state index contributed by atoms with van der Waals surface area (Å²) in [4.78, 5) is 0.387. The van der Waals surface area contributed by atoms with E-state index < -0.39 is 10.0 Å². The molecule has 2 aliphatic carbocycles. The van der Waals surface area contributed by atoms with E-state index in [1.165, 1.54) is 19.3 Å². The number of hydrogen-bond acceptors (Lipinski definition) is 2.